The summed E-state index contributed by atoms with van der Waals surface area (Å²) in [5.41, 5.74) is 2.80. The highest BCUT2D eigenvalue weighted by Gasteiger charge is 2.51. The average molecular weight is 329 g/mol. The predicted molar refractivity (Wildman–Crippen MR) is 96.0 cm³/mol. The Morgan fingerprint density at radius 2 is 1.92 bits per heavy atom. The largest absolute Gasteiger partial charge is 0.378 e. The fourth-order valence-corrected chi connectivity index (χ4v) is 4.58. The number of hydrogen-bond donors (Lipinski definition) is 0. The molecule has 2 aliphatic carbocycles. The normalized spacial score (nSPS) is 33.6. The van der Waals surface area contributed by atoms with Gasteiger partial charge < -0.3 is 9.47 Å². The van der Waals surface area contributed by atoms with Gasteiger partial charge in [0.25, 0.3) is 0 Å². The molecule has 2 saturated carbocycles. The second-order valence-electron chi connectivity index (χ2n) is 8.16. The summed E-state index contributed by atoms with van der Waals surface area (Å²) in [5.74, 6) is 0.853. The first-order chi connectivity index (χ1) is 11.7. The van der Waals surface area contributed by atoms with Crippen LogP contribution in [-0.2, 0) is 16.0 Å². The second-order valence-corrected chi connectivity index (χ2v) is 8.16. The summed E-state index contributed by atoms with van der Waals surface area (Å²) < 4.78 is 12.3. The van der Waals surface area contributed by atoms with Crippen molar-refractivity contribution in [2.75, 3.05) is 20.3 Å². The summed E-state index contributed by atoms with van der Waals surface area (Å²) >= 11 is 0. The maximum absolute atomic E-state index is 6.24. The van der Waals surface area contributed by atoms with Gasteiger partial charge in [0.15, 0.2) is 0 Å². The van der Waals surface area contributed by atoms with E-state index in [2.05, 4.69) is 36.1 Å². The van der Waals surface area contributed by atoms with E-state index in [9.17, 15) is 0 Å². The number of ether oxygens (including phenoxy) is 2. The van der Waals surface area contributed by atoms with Crippen LogP contribution in [0, 0.1) is 12.8 Å². The molecule has 0 spiro atoms. The number of rotatable bonds is 6. The number of methoxy groups -OCH3 is 1. The Balaban J connectivity index is 1.43. The summed E-state index contributed by atoms with van der Waals surface area (Å²) in [4.78, 5) is 2.64. The highest BCUT2D eigenvalue weighted by molar-refractivity contribution is 5.22. The fraction of sp³-hybridized carbons (Fsp3) is 0.714. The SMILES string of the molecule is CO[C@@]12CC[C@@H](OCC3CC3)C[C@@H]1N(Cc1ccc(C)cc1)CC2. The minimum absolute atomic E-state index is 0.0597. The molecule has 0 unspecified atom stereocenters. The Morgan fingerprint density at radius 3 is 2.62 bits per heavy atom. The maximum Gasteiger partial charge on any atom is 0.0847 e. The molecule has 1 aliphatic heterocycles. The van der Waals surface area contributed by atoms with E-state index in [1.807, 2.05) is 7.11 Å². The zero-order valence-electron chi connectivity index (χ0n) is 15.2. The number of likely N-dealkylation sites (tertiary alicyclic amines) is 1. The molecule has 0 bridgehead atoms. The zero-order chi connectivity index (χ0) is 16.6. The Kier molecular flexibility index (Phi) is 4.68. The van der Waals surface area contributed by atoms with Crippen LogP contribution in [0.15, 0.2) is 24.3 Å². The molecule has 3 nitrogen and oxygen atoms in total. The van der Waals surface area contributed by atoms with Gasteiger partial charge in [-0.3, -0.25) is 4.90 Å². The van der Waals surface area contributed by atoms with E-state index in [0.717, 1.165) is 51.3 Å². The molecule has 0 amide bonds. The molecule has 0 radical (unpaired) electrons. The van der Waals surface area contributed by atoms with Crippen LogP contribution in [0.2, 0.25) is 0 Å². The Morgan fingerprint density at radius 1 is 1.12 bits per heavy atom. The lowest BCUT2D eigenvalue weighted by atomic mass is 9.79. The number of aryl methyl sites for hydroxylation is 1. The molecule has 1 aromatic carbocycles. The van der Waals surface area contributed by atoms with Crippen LogP contribution in [0.25, 0.3) is 0 Å². The smallest absolute Gasteiger partial charge is 0.0847 e. The number of benzene rings is 1. The summed E-state index contributed by atoms with van der Waals surface area (Å²) in [6.07, 6.45) is 7.78. The zero-order valence-corrected chi connectivity index (χ0v) is 15.2. The third-order valence-electron chi connectivity index (χ3n) is 6.42. The molecule has 3 aliphatic rings. The van der Waals surface area contributed by atoms with Crippen LogP contribution in [0.4, 0.5) is 0 Å². The molecule has 0 N–H and O–H groups in total. The van der Waals surface area contributed by atoms with Crippen LogP contribution in [0.3, 0.4) is 0 Å². The molecule has 4 rings (SSSR count). The van der Waals surface area contributed by atoms with E-state index in [1.54, 1.807) is 0 Å². The fourth-order valence-electron chi connectivity index (χ4n) is 4.58. The monoisotopic (exact) mass is 329 g/mol. The minimum Gasteiger partial charge on any atom is -0.378 e. The first-order valence-corrected chi connectivity index (χ1v) is 9.65. The van der Waals surface area contributed by atoms with Gasteiger partial charge in [-0.15, -0.1) is 0 Å². The molecule has 1 heterocycles. The van der Waals surface area contributed by atoms with Gasteiger partial charge in [-0.05, 0) is 56.9 Å². The highest BCUT2D eigenvalue weighted by atomic mass is 16.5. The third kappa shape index (κ3) is 3.40. The van der Waals surface area contributed by atoms with Crippen molar-refractivity contribution in [1.29, 1.82) is 0 Å². The first kappa shape index (κ1) is 16.6. The van der Waals surface area contributed by atoms with E-state index < -0.39 is 0 Å². The molecular weight excluding hydrogens is 298 g/mol. The first-order valence-electron chi connectivity index (χ1n) is 9.65. The van der Waals surface area contributed by atoms with Crippen molar-refractivity contribution in [3.8, 4) is 0 Å². The van der Waals surface area contributed by atoms with Gasteiger partial charge in [-0.25, -0.2) is 0 Å². The van der Waals surface area contributed by atoms with Gasteiger partial charge in [0.2, 0.25) is 0 Å². The van der Waals surface area contributed by atoms with Crippen LogP contribution < -0.4 is 0 Å². The lowest BCUT2D eigenvalue weighted by molar-refractivity contribution is -0.103. The van der Waals surface area contributed by atoms with Crippen molar-refractivity contribution in [1.82, 2.24) is 4.90 Å². The number of hydrogen-bond acceptors (Lipinski definition) is 3. The molecular formula is C21H31NO2. The van der Waals surface area contributed by atoms with Crippen molar-refractivity contribution >= 4 is 0 Å². The topological polar surface area (TPSA) is 21.7 Å². The van der Waals surface area contributed by atoms with E-state index in [-0.39, 0.29) is 5.60 Å². The molecule has 24 heavy (non-hydrogen) atoms. The quantitative estimate of drug-likeness (QED) is 0.789. The summed E-state index contributed by atoms with van der Waals surface area (Å²) in [5, 5.41) is 0. The molecule has 132 valence electrons. The average Bonchev–Trinajstić information content (AvgIpc) is 3.37. The molecule has 3 fully saturated rings. The summed E-state index contributed by atoms with van der Waals surface area (Å²) in [6.45, 7) is 5.31. The van der Waals surface area contributed by atoms with Crippen LogP contribution in [-0.4, -0.2) is 42.9 Å². The summed E-state index contributed by atoms with van der Waals surface area (Å²) in [6, 6.07) is 9.48. The van der Waals surface area contributed by atoms with Crippen LogP contribution >= 0.6 is 0 Å². The van der Waals surface area contributed by atoms with Gasteiger partial charge >= 0.3 is 0 Å². The second kappa shape index (κ2) is 6.78. The number of nitrogens with zero attached hydrogens (tertiary/aromatic N) is 1. The van der Waals surface area contributed by atoms with Crippen molar-refractivity contribution < 1.29 is 9.47 Å². The van der Waals surface area contributed by atoms with Gasteiger partial charge in [0.05, 0.1) is 11.7 Å². The molecule has 3 atom stereocenters. The summed E-state index contributed by atoms with van der Waals surface area (Å²) in [7, 11) is 1.91. The molecule has 3 heteroatoms. The third-order valence-corrected chi connectivity index (χ3v) is 6.42. The van der Waals surface area contributed by atoms with Gasteiger partial charge in [-0.1, -0.05) is 29.8 Å². The Hall–Kier alpha value is -0.900. The van der Waals surface area contributed by atoms with E-state index in [0.29, 0.717) is 12.1 Å². The Labute approximate surface area is 146 Å². The Bertz CT molecular complexity index is 553. The van der Waals surface area contributed by atoms with Gasteiger partial charge in [0.1, 0.15) is 0 Å². The van der Waals surface area contributed by atoms with E-state index in [1.165, 1.54) is 24.0 Å². The predicted octanol–water partition coefficient (Wildman–Crippen LogP) is 3.93. The van der Waals surface area contributed by atoms with Crippen molar-refractivity contribution in [2.45, 2.75) is 69.7 Å². The molecule has 0 aromatic heterocycles. The van der Waals surface area contributed by atoms with Crippen molar-refractivity contribution in [3.05, 3.63) is 35.4 Å². The van der Waals surface area contributed by atoms with Crippen molar-refractivity contribution in [3.63, 3.8) is 0 Å². The van der Waals surface area contributed by atoms with E-state index >= 15 is 0 Å². The standard InChI is InChI=1S/C21H31NO2/c1-16-3-5-17(6-4-16)14-22-12-11-21(23-2)10-9-19(13-20(21)22)24-15-18-7-8-18/h3-6,18-20H,7-15H2,1-2H3/t19-,20+,21-/m1/s1. The van der Waals surface area contributed by atoms with Gasteiger partial charge in [0, 0.05) is 32.8 Å². The highest BCUT2D eigenvalue weighted by Crippen LogP contribution is 2.44. The van der Waals surface area contributed by atoms with Crippen molar-refractivity contribution in [2.24, 2.45) is 5.92 Å². The molecule has 1 saturated heterocycles. The maximum atomic E-state index is 6.24. The van der Waals surface area contributed by atoms with Crippen LogP contribution in [0.1, 0.15) is 49.7 Å². The van der Waals surface area contributed by atoms with E-state index in [4.69, 9.17) is 9.47 Å². The lowest BCUT2D eigenvalue weighted by Gasteiger charge is -2.43. The molecule has 1 aromatic rings. The van der Waals surface area contributed by atoms with Gasteiger partial charge in [-0.2, -0.15) is 0 Å². The lowest BCUT2D eigenvalue weighted by Crippen LogP contribution is -2.51. The van der Waals surface area contributed by atoms with Crippen LogP contribution in [0.5, 0.6) is 0 Å². The number of fused-ring (bicyclic) bond motifs is 1. The minimum atomic E-state index is 0.0597.